The van der Waals surface area contributed by atoms with Crippen LogP contribution in [0.25, 0.3) is 0 Å². The number of amides is 1. The second-order valence-electron chi connectivity index (χ2n) is 8.84. The van der Waals surface area contributed by atoms with Gasteiger partial charge in [-0.15, -0.1) is 0 Å². The topological polar surface area (TPSA) is 91.2 Å². The van der Waals surface area contributed by atoms with Crippen molar-refractivity contribution >= 4 is 5.91 Å². The molecule has 1 amide bonds. The van der Waals surface area contributed by atoms with Gasteiger partial charge in [0.15, 0.2) is 0 Å². The number of hydrogen-bond donors (Lipinski definition) is 1. The summed E-state index contributed by atoms with van der Waals surface area (Å²) in [5.41, 5.74) is 9.74. The average Bonchev–Trinajstić information content (AvgIpc) is 3.45. The minimum absolute atomic E-state index is 0.125. The predicted molar refractivity (Wildman–Crippen MR) is 131 cm³/mol. The molecule has 0 spiro atoms. The number of imidazole rings is 1. The highest BCUT2D eigenvalue weighted by Gasteiger charge is 2.36. The number of nitrogens with zero attached hydrogens (tertiary/aromatic N) is 5. The Morgan fingerprint density at radius 2 is 1.82 bits per heavy atom. The van der Waals surface area contributed by atoms with Crippen LogP contribution in [0.5, 0.6) is 0 Å². The van der Waals surface area contributed by atoms with Gasteiger partial charge in [-0.05, 0) is 55.6 Å². The first-order valence-corrected chi connectivity index (χ1v) is 11.9. The van der Waals surface area contributed by atoms with E-state index in [1.165, 1.54) is 0 Å². The Labute approximate surface area is 201 Å². The third kappa shape index (κ3) is 5.90. The fraction of sp³-hybridized carbons (Fsp3) is 0.370. The summed E-state index contributed by atoms with van der Waals surface area (Å²) in [5, 5.41) is 9.03. The van der Waals surface area contributed by atoms with Crippen LogP contribution in [0.2, 0.25) is 0 Å². The molecule has 2 aromatic carbocycles. The molecule has 0 bridgehead atoms. The van der Waals surface area contributed by atoms with E-state index in [1.54, 1.807) is 0 Å². The number of carbonyl (C=O) groups excluding carboxylic acids is 1. The van der Waals surface area contributed by atoms with Crippen molar-refractivity contribution in [3.63, 3.8) is 0 Å². The summed E-state index contributed by atoms with van der Waals surface area (Å²) in [6.45, 7) is 4.25. The molecule has 1 saturated heterocycles. The molecule has 1 aliphatic rings. The fourth-order valence-corrected chi connectivity index (χ4v) is 4.54. The van der Waals surface area contributed by atoms with E-state index in [0.29, 0.717) is 31.7 Å². The molecule has 2 heterocycles. The Kier molecular flexibility index (Phi) is 8.08. The van der Waals surface area contributed by atoms with E-state index in [0.717, 1.165) is 49.2 Å². The largest absolute Gasteiger partial charge is 0.337 e. The molecule has 0 aliphatic carbocycles. The van der Waals surface area contributed by atoms with E-state index >= 15 is 0 Å². The Bertz CT molecular complexity index is 1100. The normalized spacial score (nSPS) is 15.7. The van der Waals surface area contributed by atoms with Gasteiger partial charge in [0.2, 0.25) is 5.91 Å². The van der Waals surface area contributed by atoms with Crippen molar-refractivity contribution in [2.45, 2.75) is 44.9 Å². The molecule has 176 valence electrons. The summed E-state index contributed by atoms with van der Waals surface area (Å²) in [5.74, 6) is 0.203. The molecule has 1 fully saturated rings. The summed E-state index contributed by atoms with van der Waals surface area (Å²) < 4.78 is 2.12. The monoisotopic (exact) mass is 456 g/mol. The molecule has 1 aromatic heterocycles. The lowest BCUT2D eigenvalue weighted by Crippen LogP contribution is -2.42. The van der Waals surface area contributed by atoms with Crippen LogP contribution in [0.15, 0.2) is 67.1 Å². The van der Waals surface area contributed by atoms with Gasteiger partial charge < -0.3 is 15.2 Å². The van der Waals surface area contributed by atoms with Crippen LogP contribution in [0.3, 0.4) is 0 Å². The minimum atomic E-state index is -0.125. The Hall–Kier alpha value is -3.47. The number of aromatic nitrogens is 2. The molecule has 1 aliphatic heterocycles. The van der Waals surface area contributed by atoms with E-state index < -0.39 is 0 Å². The maximum atomic E-state index is 13.4. The highest BCUT2D eigenvalue weighted by atomic mass is 16.2. The highest BCUT2D eigenvalue weighted by Crippen LogP contribution is 2.22. The number of likely N-dealkylation sites (tertiary alicyclic amines) is 1. The summed E-state index contributed by atoms with van der Waals surface area (Å²) in [4.78, 5) is 22.0. The second kappa shape index (κ2) is 11.6. The number of unbranched alkanes of at least 4 members (excludes halogenated alkanes) is 1. The van der Waals surface area contributed by atoms with Crippen LogP contribution in [0, 0.1) is 11.3 Å². The lowest BCUT2D eigenvalue weighted by Gasteiger charge is -2.28. The van der Waals surface area contributed by atoms with E-state index in [4.69, 9.17) is 11.0 Å². The van der Waals surface area contributed by atoms with E-state index in [2.05, 4.69) is 32.7 Å². The molecule has 1 atom stereocenters. The van der Waals surface area contributed by atoms with E-state index in [1.807, 2.05) is 59.9 Å². The quantitative estimate of drug-likeness (QED) is 0.448. The maximum absolute atomic E-state index is 13.4. The minimum Gasteiger partial charge on any atom is -0.337 e. The van der Waals surface area contributed by atoms with Gasteiger partial charge in [-0.1, -0.05) is 42.5 Å². The highest BCUT2D eigenvalue weighted by molar-refractivity contribution is 5.84. The van der Waals surface area contributed by atoms with Crippen molar-refractivity contribution in [3.8, 4) is 6.07 Å². The predicted octanol–water partition coefficient (Wildman–Crippen LogP) is 3.15. The molecule has 0 saturated carbocycles. The third-order valence-electron chi connectivity index (χ3n) is 6.43. The number of nitriles is 1. The van der Waals surface area contributed by atoms with Crippen LogP contribution in [0.4, 0.5) is 0 Å². The van der Waals surface area contributed by atoms with E-state index in [-0.39, 0.29) is 11.9 Å². The Balaban J connectivity index is 1.46. The standard InChI is InChI=1S/C27H32N6O/c28-13-4-5-14-31(26-12-15-32(27(26)34)18-23-6-2-1-3-7-23)20-25-17-30-21-33(25)19-24-10-8-22(16-29)9-11-24/h1-3,6-11,17,21,26H,4-5,12-15,18-20,28H2/t26-/m0/s1. The molecule has 0 radical (unpaired) electrons. The zero-order valence-electron chi connectivity index (χ0n) is 19.5. The van der Waals surface area contributed by atoms with Gasteiger partial charge in [0.05, 0.1) is 29.7 Å². The molecule has 34 heavy (non-hydrogen) atoms. The first-order chi connectivity index (χ1) is 16.7. The van der Waals surface area contributed by atoms with E-state index in [9.17, 15) is 4.79 Å². The van der Waals surface area contributed by atoms with Crippen molar-refractivity contribution < 1.29 is 4.79 Å². The van der Waals surface area contributed by atoms with Crippen LogP contribution in [-0.4, -0.2) is 50.9 Å². The van der Waals surface area contributed by atoms with Gasteiger partial charge in [0.1, 0.15) is 0 Å². The van der Waals surface area contributed by atoms with Crippen LogP contribution < -0.4 is 5.73 Å². The van der Waals surface area contributed by atoms with Crippen molar-refractivity contribution in [1.82, 2.24) is 19.4 Å². The van der Waals surface area contributed by atoms with Gasteiger partial charge in [-0.2, -0.15) is 5.26 Å². The molecule has 4 rings (SSSR count). The van der Waals surface area contributed by atoms with Gasteiger partial charge >= 0.3 is 0 Å². The Morgan fingerprint density at radius 1 is 1.06 bits per heavy atom. The van der Waals surface area contributed by atoms with Crippen LogP contribution in [-0.2, 0) is 24.4 Å². The van der Waals surface area contributed by atoms with Gasteiger partial charge in [0, 0.05) is 32.4 Å². The third-order valence-corrected chi connectivity index (χ3v) is 6.43. The zero-order chi connectivity index (χ0) is 23.8. The zero-order valence-corrected chi connectivity index (χ0v) is 19.5. The van der Waals surface area contributed by atoms with Gasteiger partial charge in [0.25, 0.3) is 0 Å². The number of hydrogen-bond acceptors (Lipinski definition) is 5. The molecule has 0 unspecified atom stereocenters. The number of rotatable bonds is 11. The fourth-order valence-electron chi connectivity index (χ4n) is 4.54. The lowest BCUT2D eigenvalue weighted by atomic mass is 10.1. The molecule has 3 aromatic rings. The lowest BCUT2D eigenvalue weighted by molar-refractivity contribution is -0.132. The molecule has 2 N–H and O–H groups in total. The SMILES string of the molecule is N#Cc1ccc(Cn2cncc2CN(CCCCN)[C@H]2CCN(Cc3ccccc3)C2=O)cc1. The average molecular weight is 457 g/mol. The summed E-state index contributed by atoms with van der Waals surface area (Å²) in [7, 11) is 0. The number of nitrogens with two attached hydrogens (primary N) is 1. The summed E-state index contributed by atoms with van der Waals surface area (Å²) in [6.07, 6.45) is 6.46. The molecule has 7 nitrogen and oxygen atoms in total. The van der Waals surface area contributed by atoms with Gasteiger partial charge in [-0.25, -0.2) is 4.98 Å². The number of benzene rings is 2. The van der Waals surface area contributed by atoms with Crippen molar-refractivity contribution in [2.75, 3.05) is 19.6 Å². The molecule has 7 heteroatoms. The number of carbonyl (C=O) groups is 1. The van der Waals surface area contributed by atoms with Crippen LogP contribution in [0.1, 0.15) is 41.6 Å². The second-order valence-corrected chi connectivity index (χ2v) is 8.84. The smallest absolute Gasteiger partial charge is 0.240 e. The summed E-state index contributed by atoms with van der Waals surface area (Å²) in [6, 6.07) is 19.8. The first kappa shape index (κ1) is 23.7. The maximum Gasteiger partial charge on any atom is 0.240 e. The van der Waals surface area contributed by atoms with Crippen molar-refractivity contribution in [2.24, 2.45) is 5.73 Å². The molecular formula is C27H32N6O. The van der Waals surface area contributed by atoms with Crippen molar-refractivity contribution in [1.29, 1.82) is 5.26 Å². The van der Waals surface area contributed by atoms with Gasteiger partial charge in [-0.3, -0.25) is 9.69 Å². The first-order valence-electron chi connectivity index (χ1n) is 11.9. The summed E-state index contributed by atoms with van der Waals surface area (Å²) >= 11 is 0. The Morgan fingerprint density at radius 3 is 2.56 bits per heavy atom. The van der Waals surface area contributed by atoms with Crippen molar-refractivity contribution in [3.05, 3.63) is 89.5 Å². The van der Waals surface area contributed by atoms with Crippen LogP contribution >= 0.6 is 0 Å². The molecular weight excluding hydrogens is 424 g/mol.